The van der Waals surface area contributed by atoms with Gasteiger partial charge in [-0.1, -0.05) is 0 Å². The van der Waals surface area contributed by atoms with Crippen molar-refractivity contribution in [3.8, 4) is 0 Å². The Morgan fingerprint density at radius 2 is 2.00 bits per heavy atom. The number of likely N-dealkylation sites (N-methyl/N-ethyl adjacent to an activating group) is 1. The van der Waals surface area contributed by atoms with Gasteiger partial charge in [-0.2, -0.15) is 0 Å². The van der Waals surface area contributed by atoms with Crippen molar-refractivity contribution in [3.63, 3.8) is 0 Å². The average Bonchev–Trinajstić information content (AvgIpc) is 2.38. The standard InChI is InChI=1S/C11H15N5O4/c1-16(11-13-3-2-4-14-11)6-9(18)15-7(10(19)20)5-8(12)17/h2-4,7H,5-6H2,1H3,(H2,12,17)(H,15,18)(H,19,20)/t7-/m1/s1. The third-order valence-corrected chi connectivity index (χ3v) is 2.31. The number of nitrogens with two attached hydrogens (primary N) is 1. The molecule has 9 nitrogen and oxygen atoms in total. The summed E-state index contributed by atoms with van der Waals surface area (Å²) in [6.45, 7) is -0.146. The van der Waals surface area contributed by atoms with Crippen molar-refractivity contribution < 1.29 is 19.5 Å². The highest BCUT2D eigenvalue weighted by molar-refractivity contribution is 5.89. The van der Waals surface area contributed by atoms with Gasteiger partial charge in [0.05, 0.1) is 13.0 Å². The molecule has 0 saturated heterocycles. The molecule has 0 aliphatic rings. The summed E-state index contributed by atoms with van der Waals surface area (Å²) in [4.78, 5) is 42.6. The monoisotopic (exact) mass is 281 g/mol. The van der Waals surface area contributed by atoms with Gasteiger partial charge in [-0.15, -0.1) is 0 Å². The fourth-order valence-electron chi connectivity index (χ4n) is 1.42. The fourth-order valence-corrected chi connectivity index (χ4v) is 1.42. The Labute approximate surface area is 114 Å². The SMILES string of the molecule is CN(CC(=O)N[C@H](CC(N)=O)C(=O)O)c1ncccn1. The summed E-state index contributed by atoms with van der Waals surface area (Å²) < 4.78 is 0. The molecule has 108 valence electrons. The minimum atomic E-state index is -1.34. The van der Waals surface area contributed by atoms with Gasteiger partial charge in [-0.25, -0.2) is 14.8 Å². The number of nitrogens with one attached hydrogen (secondary N) is 1. The van der Waals surface area contributed by atoms with Gasteiger partial charge in [-0.3, -0.25) is 9.59 Å². The molecule has 0 radical (unpaired) electrons. The van der Waals surface area contributed by atoms with E-state index in [1.165, 1.54) is 17.3 Å². The first-order valence-corrected chi connectivity index (χ1v) is 5.68. The van der Waals surface area contributed by atoms with E-state index in [9.17, 15) is 14.4 Å². The first kappa shape index (κ1) is 15.3. The van der Waals surface area contributed by atoms with Crippen LogP contribution in [0.2, 0.25) is 0 Å². The number of primary amides is 1. The number of hydrogen-bond donors (Lipinski definition) is 3. The topological polar surface area (TPSA) is 139 Å². The van der Waals surface area contributed by atoms with Crippen LogP contribution in [0.5, 0.6) is 0 Å². The highest BCUT2D eigenvalue weighted by atomic mass is 16.4. The molecular formula is C11H15N5O4. The molecule has 1 heterocycles. The van der Waals surface area contributed by atoms with Crippen LogP contribution in [0.3, 0.4) is 0 Å². The third-order valence-electron chi connectivity index (χ3n) is 2.31. The summed E-state index contributed by atoms with van der Waals surface area (Å²) in [6.07, 6.45) is 2.57. The number of aromatic nitrogens is 2. The van der Waals surface area contributed by atoms with Gasteiger partial charge < -0.3 is 21.1 Å². The third kappa shape index (κ3) is 4.88. The molecule has 0 bridgehead atoms. The number of aliphatic carboxylic acids is 1. The van der Waals surface area contributed by atoms with Crippen molar-refractivity contribution in [2.24, 2.45) is 5.73 Å². The Morgan fingerprint density at radius 3 is 2.50 bits per heavy atom. The van der Waals surface area contributed by atoms with Crippen LogP contribution < -0.4 is 16.0 Å². The maximum Gasteiger partial charge on any atom is 0.326 e. The normalized spacial score (nSPS) is 11.4. The predicted molar refractivity (Wildman–Crippen MR) is 68.7 cm³/mol. The summed E-state index contributed by atoms with van der Waals surface area (Å²) in [7, 11) is 1.58. The summed E-state index contributed by atoms with van der Waals surface area (Å²) in [5.74, 6) is -2.38. The Hall–Kier alpha value is -2.71. The van der Waals surface area contributed by atoms with Gasteiger partial charge >= 0.3 is 5.97 Å². The van der Waals surface area contributed by atoms with E-state index >= 15 is 0 Å². The highest BCUT2D eigenvalue weighted by Gasteiger charge is 2.22. The average molecular weight is 281 g/mol. The van der Waals surface area contributed by atoms with Crippen molar-refractivity contribution in [3.05, 3.63) is 18.5 Å². The molecule has 1 aromatic rings. The molecule has 20 heavy (non-hydrogen) atoms. The van der Waals surface area contributed by atoms with Gasteiger partial charge in [-0.05, 0) is 6.07 Å². The van der Waals surface area contributed by atoms with Gasteiger partial charge in [0.25, 0.3) is 0 Å². The molecule has 0 fully saturated rings. The second-order valence-electron chi connectivity index (χ2n) is 4.03. The number of rotatable bonds is 7. The van der Waals surface area contributed by atoms with Crippen LogP contribution in [0.4, 0.5) is 5.95 Å². The molecule has 1 aromatic heterocycles. The largest absolute Gasteiger partial charge is 0.480 e. The summed E-state index contributed by atoms with van der Waals surface area (Å²) in [6, 6.07) is 0.287. The minimum absolute atomic E-state index is 0.146. The fraction of sp³-hybridized carbons (Fsp3) is 0.364. The lowest BCUT2D eigenvalue weighted by molar-refractivity contribution is -0.143. The zero-order valence-corrected chi connectivity index (χ0v) is 10.8. The molecule has 4 N–H and O–H groups in total. The number of anilines is 1. The molecular weight excluding hydrogens is 266 g/mol. The molecule has 0 unspecified atom stereocenters. The zero-order valence-electron chi connectivity index (χ0n) is 10.8. The van der Waals surface area contributed by atoms with Crippen molar-refractivity contribution in [2.75, 3.05) is 18.5 Å². The molecule has 0 aliphatic heterocycles. The van der Waals surface area contributed by atoms with E-state index < -0.39 is 30.2 Å². The Morgan fingerprint density at radius 1 is 1.40 bits per heavy atom. The molecule has 0 aromatic carbocycles. The van der Waals surface area contributed by atoms with Crippen molar-refractivity contribution >= 4 is 23.7 Å². The molecule has 0 spiro atoms. The maximum absolute atomic E-state index is 11.7. The highest BCUT2D eigenvalue weighted by Crippen LogP contribution is 2.01. The van der Waals surface area contributed by atoms with Gasteiger partial charge in [0.2, 0.25) is 17.8 Å². The number of hydrogen-bond acceptors (Lipinski definition) is 6. The molecule has 2 amide bonds. The minimum Gasteiger partial charge on any atom is -0.480 e. The molecule has 9 heteroatoms. The van der Waals surface area contributed by atoms with E-state index in [0.29, 0.717) is 5.95 Å². The van der Waals surface area contributed by atoms with E-state index in [1.807, 2.05) is 0 Å². The van der Waals surface area contributed by atoms with E-state index in [4.69, 9.17) is 10.8 Å². The van der Waals surface area contributed by atoms with Crippen LogP contribution >= 0.6 is 0 Å². The quantitative estimate of drug-likeness (QED) is 0.544. The molecule has 1 atom stereocenters. The molecule has 1 rings (SSSR count). The number of amides is 2. The van der Waals surface area contributed by atoms with Crippen LogP contribution in [-0.4, -0.2) is 52.5 Å². The van der Waals surface area contributed by atoms with Crippen LogP contribution in [0.15, 0.2) is 18.5 Å². The number of carboxylic acids is 1. The summed E-state index contributed by atoms with van der Waals surface area (Å²) in [5, 5.41) is 11.1. The lowest BCUT2D eigenvalue weighted by atomic mass is 10.2. The van der Waals surface area contributed by atoms with Crippen molar-refractivity contribution in [1.29, 1.82) is 0 Å². The van der Waals surface area contributed by atoms with E-state index in [2.05, 4.69) is 15.3 Å². The van der Waals surface area contributed by atoms with Crippen LogP contribution in [0.1, 0.15) is 6.42 Å². The lowest BCUT2D eigenvalue weighted by Crippen LogP contribution is -2.46. The number of nitrogens with zero attached hydrogens (tertiary/aromatic N) is 3. The molecule has 0 saturated carbocycles. The number of carbonyl (C=O) groups is 3. The van der Waals surface area contributed by atoms with Crippen molar-refractivity contribution in [2.45, 2.75) is 12.5 Å². The zero-order chi connectivity index (χ0) is 15.1. The van der Waals surface area contributed by atoms with E-state index in [0.717, 1.165) is 0 Å². The summed E-state index contributed by atoms with van der Waals surface area (Å²) >= 11 is 0. The smallest absolute Gasteiger partial charge is 0.326 e. The van der Waals surface area contributed by atoms with Crippen LogP contribution in [-0.2, 0) is 14.4 Å². The van der Waals surface area contributed by atoms with Crippen LogP contribution in [0.25, 0.3) is 0 Å². The van der Waals surface area contributed by atoms with Gasteiger partial charge in [0.15, 0.2) is 0 Å². The summed E-state index contributed by atoms with van der Waals surface area (Å²) in [5.41, 5.74) is 4.92. The second kappa shape index (κ2) is 7.02. The lowest BCUT2D eigenvalue weighted by Gasteiger charge is -2.18. The molecule has 0 aliphatic carbocycles. The number of carboxylic acid groups (broad SMARTS) is 1. The predicted octanol–water partition coefficient (Wildman–Crippen LogP) is -1.64. The number of carbonyl (C=O) groups excluding carboxylic acids is 2. The van der Waals surface area contributed by atoms with Gasteiger partial charge in [0, 0.05) is 19.4 Å². The Bertz CT molecular complexity index is 493. The van der Waals surface area contributed by atoms with E-state index in [1.54, 1.807) is 13.1 Å². The Kier molecular flexibility index (Phi) is 5.39. The second-order valence-corrected chi connectivity index (χ2v) is 4.03. The van der Waals surface area contributed by atoms with E-state index in [-0.39, 0.29) is 6.54 Å². The van der Waals surface area contributed by atoms with Crippen molar-refractivity contribution in [1.82, 2.24) is 15.3 Å². The van der Waals surface area contributed by atoms with Gasteiger partial charge in [0.1, 0.15) is 6.04 Å². The Balaban J connectivity index is 2.57. The first-order chi connectivity index (χ1) is 9.40. The first-order valence-electron chi connectivity index (χ1n) is 5.68. The maximum atomic E-state index is 11.7. The van der Waals surface area contributed by atoms with Crippen LogP contribution in [0, 0.1) is 0 Å².